The summed E-state index contributed by atoms with van der Waals surface area (Å²) in [6.45, 7) is 6.13. The Labute approximate surface area is 236 Å². The van der Waals surface area contributed by atoms with E-state index in [2.05, 4.69) is 30.4 Å². The van der Waals surface area contributed by atoms with Gasteiger partial charge in [0.15, 0.2) is 12.6 Å². The van der Waals surface area contributed by atoms with Gasteiger partial charge in [0.1, 0.15) is 11.9 Å². The lowest BCUT2D eigenvalue weighted by Crippen LogP contribution is -2.51. The number of hydrogen-bond donors (Lipinski definition) is 3. The molecule has 3 fully saturated rings. The minimum atomic E-state index is -1.50. The van der Waals surface area contributed by atoms with Gasteiger partial charge >= 0.3 is 5.97 Å². The number of carbonyl (C=O) groups excluding carboxylic acids is 2. The van der Waals surface area contributed by atoms with Crippen molar-refractivity contribution in [3.05, 3.63) is 47.5 Å². The van der Waals surface area contributed by atoms with Gasteiger partial charge in [-0.05, 0) is 98.5 Å². The van der Waals surface area contributed by atoms with Crippen LogP contribution in [0.25, 0.3) is 0 Å². The summed E-state index contributed by atoms with van der Waals surface area (Å²) in [7, 11) is 0. The molecule has 0 heterocycles. The normalized spacial score (nSPS) is 35.4. The average molecular weight is 551 g/mol. The van der Waals surface area contributed by atoms with Gasteiger partial charge in [0.25, 0.3) is 5.91 Å². The van der Waals surface area contributed by atoms with Crippen molar-refractivity contribution in [2.45, 2.75) is 84.3 Å². The number of carboxylic acid groups (broad SMARTS) is 1. The fourth-order valence-electron chi connectivity index (χ4n) is 8.82. The number of hydrogen-bond acceptors (Lipinski definition) is 6. The third-order valence-electron chi connectivity index (χ3n) is 10.9. The number of carbonyl (C=O) groups is 3. The number of aliphatic hydroxyl groups is 1. The van der Waals surface area contributed by atoms with Crippen molar-refractivity contribution >= 4 is 23.4 Å². The molecule has 1 aromatic rings. The molecular weight excluding hydrogens is 508 g/mol. The van der Waals surface area contributed by atoms with Crippen LogP contribution in [-0.4, -0.2) is 46.2 Å². The molecule has 3 N–H and O–H groups in total. The molecule has 3 saturated carbocycles. The number of Topliss-reactive ketones (excluding diaryl/α,β-unsaturated/α-hetero) is 1. The third-order valence-corrected chi connectivity index (χ3v) is 10.9. The SMILES string of the molecule is CC(=O)C1CCC2C3CCC4=C/C(=N/OCC(=O)NC(C(=O)O)C(O)c5ccccc5)CC[C@@]4(C)C3CC[C@@]12C. The Morgan fingerprint density at radius 3 is 2.50 bits per heavy atom. The van der Waals surface area contributed by atoms with Crippen molar-refractivity contribution in [3.63, 3.8) is 0 Å². The lowest BCUT2D eigenvalue weighted by molar-refractivity contribution is -0.146. The van der Waals surface area contributed by atoms with E-state index in [-0.39, 0.29) is 16.7 Å². The largest absolute Gasteiger partial charge is 0.480 e. The first kappa shape index (κ1) is 28.5. The van der Waals surface area contributed by atoms with Crippen molar-refractivity contribution in [1.29, 1.82) is 0 Å². The van der Waals surface area contributed by atoms with E-state index >= 15 is 0 Å². The molecule has 0 bridgehead atoms. The maximum Gasteiger partial charge on any atom is 0.329 e. The van der Waals surface area contributed by atoms with Crippen LogP contribution in [0, 0.1) is 34.5 Å². The molecule has 4 aliphatic carbocycles. The highest BCUT2D eigenvalue weighted by Gasteiger charge is 2.59. The molecule has 1 amide bonds. The van der Waals surface area contributed by atoms with Crippen LogP contribution in [0.2, 0.25) is 0 Å². The number of allylic oxidation sites excluding steroid dienone is 2. The quantitative estimate of drug-likeness (QED) is 0.398. The van der Waals surface area contributed by atoms with Crippen molar-refractivity contribution < 1.29 is 29.4 Å². The van der Waals surface area contributed by atoms with Gasteiger partial charge in [0.05, 0.1) is 5.71 Å². The molecule has 5 rings (SSSR count). The van der Waals surface area contributed by atoms with Crippen LogP contribution in [0.15, 0.2) is 47.1 Å². The van der Waals surface area contributed by atoms with Gasteiger partial charge < -0.3 is 20.4 Å². The molecule has 8 atom stereocenters. The van der Waals surface area contributed by atoms with Gasteiger partial charge in [-0.1, -0.05) is 54.9 Å². The van der Waals surface area contributed by atoms with Gasteiger partial charge in [-0.25, -0.2) is 4.79 Å². The van der Waals surface area contributed by atoms with Crippen LogP contribution < -0.4 is 5.32 Å². The van der Waals surface area contributed by atoms with Crippen LogP contribution >= 0.6 is 0 Å². The van der Waals surface area contributed by atoms with Crippen LogP contribution in [0.1, 0.15) is 83.8 Å². The van der Waals surface area contributed by atoms with Crippen molar-refractivity contribution in [2.75, 3.05) is 6.61 Å². The monoisotopic (exact) mass is 550 g/mol. The van der Waals surface area contributed by atoms with E-state index in [0.717, 1.165) is 50.7 Å². The molecule has 8 heteroatoms. The van der Waals surface area contributed by atoms with Crippen LogP contribution in [-0.2, 0) is 19.2 Å². The molecule has 40 heavy (non-hydrogen) atoms. The van der Waals surface area contributed by atoms with Crippen molar-refractivity contribution in [1.82, 2.24) is 5.32 Å². The standard InChI is InChI=1S/C32H42N2O6/c1-19(35)24-11-12-25-23-10-9-21-17-22(13-15-31(21,2)26(23)14-16-32(24,25)3)34-40-18-27(36)33-28(30(38)39)29(37)20-7-5-4-6-8-20/h4-8,17,23-26,28-29,37H,9-16,18H2,1-3H3,(H,33,36)(H,38,39)/b34-22+/t23?,24?,25?,26?,28?,29?,31-,32+/m1/s1. The number of ketones is 1. The van der Waals surface area contributed by atoms with Crippen LogP contribution in [0.4, 0.5) is 0 Å². The predicted octanol–water partition coefficient (Wildman–Crippen LogP) is 4.83. The van der Waals surface area contributed by atoms with E-state index in [1.807, 2.05) is 0 Å². The number of fused-ring (bicyclic) bond motifs is 5. The van der Waals surface area contributed by atoms with Gasteiger partial charge in [-0.15, -0.1) is 0 Å². The lowest BCUT2D eigenvalue weighted by atomic mass is 9.46. The molecule has 8 nitrogen and oxygen atoms in total. The summed E-state index contributed by atoms with van der Waals surface area (Å²) in [5.74, 6) is 0.502. The Balaban J connectivity index is 1.20. The highest BCUT2D eigenvalue weighted by atomic mass is 16.6. The molecule has 6 unspecified atom stereocenters. The van der Waals surface area contributed by atoms with Crippen molar-refractivity contribution in [2.24, 2.45) is 39.7 Å². The summed E-state index contributed by atoms with van der Waals surface area (Å²) in [6, 6.07) is 6.86. The highest BCUT2D eigenvalue weighted by molar-refractivity contribution is 5.96. The summed E-state index contributed by atoms with van der Waals surface area (Å²) in [5.41, 5.74) is 2.88. The Morgan fingerprint density at radius 1 is 1.05 bits per heavy atom. The maximum atomic E-state index is 12.4. The second kappa shape index (κ2) is 11.1. The second-order valence-corrected chi connectivity index (χ2v) is 12.9. The van der Waals surface area contributed by atoms with E-state index in [4.69, 9.17) is 4.84 Å². The number of aliphatic hydroxyl groups excluding tert-OH is 1. The first-order chi connectivity index (χ1) is 19.0. The van der Waals surface area contributed by atoms with Crippen LogP contribution in [0.3, 0.4) is 0 Å². The number of amides is 1. The van der Waals surface area contributed by atoms with E-state index in [9.17, 15) is 24.6 Å². The topological polar surface area (TPSA) is 125 Å². The number of aliphatic carboxylic acids is 1. The first-order valence-electron chi connectivity index (χ1n) is 14.7. The molecule has 0 aromatic heterocycles. The molecule has 1 aromatic carbocycles. The van der Waals surface area contributed by atoms with E-state index in [0.29, 0.717) is 29.1 Å². The molecule has 0 aliphatic heterocycles. The zero-order valence-electron chi connectivity index (χ0n) is 23.8. The van der Waals surface area contributed by atoms with E-state index in [1.54, 1.807) is 37.3 Å². The van der Waals surface area contributed by atoms with Crippen molar-refractivity contribution in [3.8, 4) is 0 Å². The predicted molar refractivity (Wildman–Crippen MR) is 150 cm³/mol. The summed E-state index contributed by atoms with van der Waals surface area (Å²) in [4.78, 5) is 41.9. The third kappa shape index (κ3) is 5.11. The summed E-state index contributed by atoms with van der Waals surface area (Å²) >= 11 is 0. The summed E-state index contributed by atoms with van der Waals surface area (Å²) < 4.78 is 0. The molecule has 216 valence electrons. The van der Waals surface area contributed by atoms with E-state index < -0.39 is 30.6 Å². The fraction of sp³-hybridized carbons (Fsp3) is 0.625. The minimum absolute atomic E-state index is 0.122. The zero-order valence-corrected chi connectivity index (χ0v) is 23.8. The Morgan fingerprint density at radius 2 is 1.80 bits per heavy atom. The average Bonchev–Trinajstić information content (AvgIpc) is 3.29. The first-order valence-corrected chi connectivity index (χ1v) is 14.7. The smallest absolute Gasteiger partial charge is 0.329 e. The number of carboxylic acids is 1. The molecule has 0 saturated heterocycles. The van der Waals surface area contributed by atoms with Gasteiger partial charge in [0.2, 0.25) is 0 Å². The Hall–Kier alpha value is -3.00. The molecule has 0 radical (unpaired) electrons. The zero-order chi connectivity index (χ0) is 28.7. The van der Waals surface area contributed by atoms with E-state index in [1.165, 1.54) is 12.0 Å². The fourth-order valence-corrected chi connectivity index (χ4v) is 8.82. The Kier molecular flexibility index (Phi) is 7.92. The molecule has 0 spiro atoms. The Bertz CT molecular complexity index is 1210. The maximum absolute atomic E-state index is 12.4. The lowest BCUT2D eigenvalue weighted by Gasteiger charge is -2.58. The van der Waals surface area contributed by atoms with Crippen LogP contribution in [0.5, 0.6) is 0 Å². The highest BCUT2D eigenvalue weighted by Crippen LogP contribution is 2.66. The summed E-state index contributed by atoms with van der Waals surface area (Å²) in [6.07, 6.45) is 9.17. The molecular formula is C32H42N2O6. The summed E-state index contributed by atoms with van der Waals surface area (Å²) in [5, 5.41) is 26.6. The number of nitrogens with zero attached hydrogens (tertiary/aromatic N) is 1. The number of benzene rings is 1. The van der Waals surface area contributed by atoms with Gasteiger partial charge in [0, 0.05) is 5.92 Å². The second-order valence-electron chi connectivity index (χ2n) is 12.9. The molecule has 4 aliphatic rings. The number of rotatable bonds is 8. The van der Waals surface area contributed by atoms with Gasteiger partial charge in [-0.2, -0.15) is 0 Å². The minimum Gasteiger partial charge on any atom is -0.480 e. The van der Waals surface area contributed by atoms with Gasteiger partial charge in [-0.3, -0.25) is 9.59 Å². The number of nitrogens with one attached hydrogen (secondary N) is 1. The number of oxime groups is 1.